The lowest BCUT2D eigenvalue weighted by Gasteiger charge is -2.34. The molecule has 1 aliphatic heterocycles. The van der Waals surface area contributed by atoms with Gasteiger partial charge in [-0.15, -0.1) is 0 Å². The molecular weight excluding hydrogens is 280 g/mol. The Morgan fingerprint density at radius 3 is 2.14 bits per heavy atom. The van der Waals surface area contributed by atoms with Gasteiger partial charge in [-0.1, -0.05) is 12.8 Å². The lowest BCUT2D eigenvalue weighted by molar-refractivity contribution is 0.191. The molecule has 1 heterocycles. The zero-order valence-corrected chi connectivity index (χ0v) is 13.3. The van der Waals surface area contributed by atoms with Crippen molar-refractivity contribution in [2.45, 2.75) is 63.5 Å². The zero-order chi connectivity index (χ0) is 15.4. The maximum atomic E-state index is 12.3. The van der Waals surface area contributed by atoms with Crippen LogP contribution in [0, 0.1) is 5.92 Å². The third kappa shape index (κ3) is 4.27. The second-order valence-electron chi connectivity index (χ2n) is 6.94. The second kappa shape index (κ2) is 7.20. The Kier molecular flexibility index (Phi) is 5.05. The van der Waals surface area contributed by atoms with Crippen LogP contribution in [-0.4, -0.2) is 48.7 Å². The van der Waals surface area contributed by atoms with E-state index in [2.05, 4.69) is 16.0 Å². The Morgan fingerprint density at radius 1 is 0.864 bits per heavy atom. The van der Waals surface area contributed by atoms with Crippen molar-refractivity contribution >= 4 is 12.1 Å². The summed E-state index contributed by atoms with van der Waals surface area (Å²) in [5.74, 6) is 0.683. The molecule has 3 rings (SSSR count). The van der Waals surface area contributed by atoms with Gasteiger partial charge in [0.2, 0.25) is 0 Å². The van der Waals surface area contributed by atoms with Crippen LogP contribution in [0.3, 0.4) is 0 Å². The van der Waals surface area contributed by atoms with E-state index in [9.17, 15) is 9.59 Å². The molecule has 2 aliphatic carbocycles. The summed E-state index contributed by atoms with van der Waals surface area (Å²) < 4.78 is 0. The number of carbonyl (C=O) groups excluding carboxylic acids is 2. The minimum atomic E-state index is -0.0841. The third-order valence-corrected chi connectivity index (χ3v) is 5.03. The molecule has 3 fully saturated rings. The number of nitrogens with zero attached hydrogens (tertiary/aromatic N) is 1. The van der Waals surface area contributed by atoms with Crippen LogP contribution in [0.15, 0.2) is 0 Å². The molecule has 1 saturated heterocycles. The molecule has 22 heavy (non-hydrogen) atoms. The monoisotopic (exact) mass is 308 g/mol. The first-order valence-electron chi connectivity index (χ1n) is 8.82. The van der Waals surface area contributed by atoms with Gasteiger partial charge in [0.25, 0.3) is 0 Å². The van der Waals surface area contributed by atoms with Crippen molar-refractivity contribution in [1.29, 1.82) is 0 Å². The van der Waals surface area contributed by atoms with E-state index in [1.807, 2.05) is 4.90 Å². The zero-order valence-electron chi connectivity index (χ0n) is 13.3. The van der Waals surface area contributed by atoms with E-state index in [0.717, 1.165) is 58.2 Å². The highest BCUT2D eigenvalue weighted by atomic mass is 16.2. The average Bonchev–Trinajstić information content (AvgIpc) is 3.18. The van der Waals surface area contributed by atoms with E-state index in [4.69, 9.17) is 0 Å². The van der Waals surface area contributed by atoms with Gasteiger partial charge in [0.1, 0.15) is 0 Å². The predicted octanol–water partition coefficient (Wildman–Crippen LogP) is 1.81. The summed E-state index contributed by atoms with van der Waals surface area (Å²) in [5.41, 5.74) is 0. The first kappa shape index (κ1) is 15.4. The Morgan fingerprint density at radius 2 is 1.50 bits per heavy atom. The number of urea groups is 2. The minimum absolute atomic E-state index is 0.0367. The number of amides is 4. The van der Waals surface area contributed by atoms with E-state index in [1.54, 1.807) is 0 Å². The van der Waals surface area contributed by atoms with Crippen molar-refractivity contribution in [3.05, 3.63) is 0 Å². The summed E-state index contributed by atoms with van der Waals surface area (Å²) in [6.45, 7) is 2.50. The third-order valence-electron chi connectivity index (χ3n) is 5.03. The fraction of sp³-hybridized carbons (Fsp3) is 0.875. The normalized spacial score (nSPS) is 28.3. The maximum Gasteiger partial charge on any atom is 0.317 e. The van der Waals surface area contributed by atoms with Gasteiger partial charge in [0, 0.05) is 19.6 Å². The van der Waals surface area contributed by atoms with Crippen molar-refractivity contribution in [2.24, 2.45) is 5.92 Å². The standard InChI is InChI=1S/C16H28N4O2/c21-15(17-11-12-7-8-12)18-13-5-1-2-6-14(13)19-16(22)20-9-3-4-10-20/h12-14H,1-11H2,(H,19,22)(H2,17,18,21). The molecule has 0 aromatic carbocycles. The van der Waals surface area contributed by atoms with Crippen LogP contribution in [0.1, 0.15) is 51.4 Å². The molecule has 124 valence electrons. The molecule has 4 amide bonds. The van der Waals surface area contributed by atoms with Gasteiger partial charge >= 0.3 is 12.1 Å². The van der Waals surface area contributed by atoms with Crippen LogP contribution in [0.25, 0.3) is 0 Å². The maximum absolute atomic E-state index is 12.3. The second-order valence-corrected chi connectivity index (χ2v) is 6.94. The Labute approximate surface area is 132 Å². The minimum Gasteiger partial charge on any atom is -0.338 e. The quantitative estimate of drug-likeness (QED) is 0.741. The van der Waals surface area contributed by atoms with Crippen LogP contribution in [0.5, 0.6) is 0 Å². The highest BCUT2D eigenvalue weighted by molar-refractivity contribution is 5.76. The van der Waals surface area contributed by atoms with Crippen LogP contribution >= 0.6 is 0 Å². The molecule has 0 radical (unpaired) electrons. The van der Waals surface area contributed by atoms with E-state index in [-0.39, 0.29) is 24.1 Å². The van der Waals surface area contributed by atoms with E-state index >= 15 is 0 Å². The van der Waals surface area contributed by atoms with Gasteiger partial charge in [-0.05, 0) is 44.4 Å². The highest BCUT2D eigenvalue weighted by Crippen LogP contribution is 2.27. The molecule has 0 bridgehead atoms. The predicted molar refractivity (Wildman–Crippen MR) is 84.6 cm³/mol. The largest absolute Gasteiger partial charge is 0.338 e. The summed E-state index contributed by atoms with van der Waals surface area (Å²) in [6, 6.07) is 0.0711. The Balaban J connectivity index is 1.46. The molecule has 0 aromatic heterocycles. The molecule has 6 heteroatoms. The molecule has 3 aliphatic rings. The van der Waals surface area contributed by atoms with Crippen molar-refractivity contribution < 1.29 is 9.59 Å². The SMILES string of the molecule is O=C(NCC1CC1)NC1CCCCC1NC(=O)N1CCCC1. The van der Waals surface area contributed by atoms with Crippen molar-refractivity contribution in [2.75, 3.05) is 19.6 Å². The van der Waals surface area contributed by atoms with Crippen LogP contribution in [-0.2, 0) is 0 Å². The van der Waals surface area contributed by atoms with Gasteiger partial charge in [-0.2, -0.15) is 0 Å². The summed E-state index contributed by atoms with van der Waals surface area (Å²) in [6.07, 6.45) is 8.80. The molecule has 2 unspecified atom stereocenters. The molecule has 6 nitrogen and oxygen atoms in total. The Bertz CT molecular complexity index is 405. The van der Waals surface area contributed by atoms with Crippen LogP contribution < -0.4 is 16.0 Å². The van der Waals surface area contributed by atoms with Gasteiger partial charge in [-0.3, -0.25) is 0 Å². The fourth-order valence-corrected chi connectivity index (χ4v) is 3.42. The molecule has 2 saturated carbocycles. The first-order chi connectivity index (χ1) is 10.7. The smallest absolute Gasteiger partial charge is 0.317 e. The van der Waals surface area contributed by atoms with Crippen molar-refractivity contribution in [1.82, 2.24) is 20.9 Å². The van der Waals surface area contributed by atoms with E-state index < -0.39 is 0 Å². The number of hydrogen-bond acceptors (Lipinski definition) is 2. The molecular formula is C16H28N4O2. The van der Waals surface area contributed by atoms with E-state index in [1.165, 1.54) is 12.8 Å². The Hall–Kier alpha value is -1.46. The molecule has 2 atom stereocenters. The molecule has 3 N–H and O–H groups in total. The van der Waals surface area contributed by atoms with Crippen LogP contribution in [0.4, 0.5) is 9.59 Å². The first-order valence-corrected chi connectivity index (χ1v) is 8.82. The lowest BCUT2D eigenvalue weighted by Crippen LogP contribution is -2.57. The van der Waals surface area contributed by atoms with E-state index in [0.29, 0.717) is 5.92 Å². The summed E-state index contributed by atoms with van der Waals surface area (Å²) in [5, 5.41) is 9.15. The number of rotatable bonds is 4. The number of carbonyl (C=O) groups is 2. The van der Waals surface area contributed by atoms with Crippen molar-refractivity contribution in [3.63, 3.8) is 0 Å². The summed E-state index contributed by atoms with van der Waals surface area (Å²) >= 11 is 0. The number of nitrogens with one attached hydrogen (secondary N) is 3. The number of likely N-dealkylation sites (tertiary alicyclic amines) is 1. The van der Waals surface area contributed by atoms with Gasteiger partial charge < -0.3 is 20.9 Å². The fourth-order valence-electron chi connectivity index (χ4n) is 3.42. The molecule has 0 spiro atoms. The summed E-state index contributed by atoms with van der Waals surface area (Å²) in [7, 11) is 0. The average molecular weight is 308 g/mol. The van der Waals surface area contributed by atoms with Crippen LogP contribution in [0.2, 0.25) is 0 Å². The molecule has 0 aromatic rings. The van der Waals surface area contributed by atoms with Gasteiger partial charge in [-0.25, -0.2) is 9.59 Å². The van der Waals surface area contributed by atoms with Gasteiger partial charge in [0.15, 0.2) is 0 Å². The lowest BCUT2D eigenvalue weighted by atomic mass is 9.90. The van der Waals surface area contributed by atoms with Gasteiger partial charge in [0.05, 0.1) is 12.1 Å². The number of hydrogen-bond donors (Lipinski definition) is 3. The summed E-state index contributed by atoms with van der Waals surface area (Å²) in [4.78, 5) is 26.1. The van der Waals surface area contributed by atoms with Crippen molar-refractivity contribution in [3.8, 4) is 0 Å². The topological polar surface area (TPSA) is 73.5 Å². The highest BCUT2D eigenvalue weighted by Gasteiger charge is 2.30.